The molecule has 1 saturated carbocycles. The summed E-state index contributed by atoms with van der Waals surface area (Å²) < 4.78 is 0.668. The number of amides is 2. The number of halogens is 1. The van der Waals surface area contributed by atoms with Gasteiger partial charge in [0, 0.05) is 15.6 Å². The van der Waals surface area contributed by atoms with Crippen LogP contribution < -0.4 is 4.90 Å². The molecule has 4 nitrogen and oxygen atoms in total. The molecule has 2 aromatic rings. The van der Waals surface area contributed by atoms with Gasteiger partial charge in [-0.2, -0.15) is 0 Å². The van der Waals surface area contributed by atoms with E-state index in [0.717, 1.165) is 36.8 Å². The van der Waals surface area contributed by atoms with Crippen LogP contribution in [0.1, 0.15) is 41.6 Å². The fourth-order valence-corrected chi connectivity index (χ4v) is 5.13. The molecule has 2 fully saturated rings. The van der Waals surface area contributed by atoms with Crippen LogP contribution in [0.25, 0.3) is 11.1 Å². The van der Waals surface area contributed by atoms with Crippen LogP contribution in [0.2, 0.25) is 0 Å². The van der Waals surface area contributed by atoms with E-state index in [-0.39, 0.29) is 29.4 Å². The molecule has 0 radical (unpaired) electrons. The summed E-state index contributed by atoms with van der Waals surface area (Å²) in [6.07, 6.45) is 3.54. The molecule has 130 valence electrons. The first-order chi connectivity index (χ1) is 12.6. The first-order valence-corrected chi connectivity index (χ1v) is 9.72. The number of nitrogens with zero attached hydrogens (tertiary/aromatic N) is 1. The number of benzene rings is 2. The Balaban J connectivity index is 1.63. The molecule has 2 aliphatic carbocycles. The Morgan fingerprint density at radius 1 is 0.808 bits per heavy atom. The fraction of sp³-hybridized carbons (Fsp3) is 0.286. The smallest absolute Gasteiger partial charge is 0.237 e. The third-order valence-corrected chi connectivity index (χ3v) is 6.51. The Kier molecular flexibility index (Phi) is 3.44. The van der Waals surface area contributed by atoms with Crippen LogP contribution in [0, 0.1) is 11.8 Å². The minimum atomic E-state index is -0.204. The van der Waals surface area contributed by atoms with E-state index in [2.05, 4.69) is 15.9 Å². The molecule has 1 saturated heterocycles. The molecule has 5 heteroatoms. The molecular weight excluding hydrogens is 394 g/mol. The second kappa shape index (κ2) is 5.61. The summed E-state index contributed by atoms with van der Waals surface area (Å²) in [7, 11) is 0. The van der Waals surface area contributed by atoms with Crippen molar-refractivity contribution in [3.8, 4) is 11.1 Å². The second-order valence-corrected chi connectivity index (χ2v) is 8.09. The molecule has 26 heavy (non-hydrogen) atoms. The van der Waals surface area contributed by atoms with Crippen molar-refractivity contribution in [3.63, 3.8) is 0 Å². The van der Waals surface area contributed by atoms with Crippen LogP contribution >= 0.6 is 15.9 Å². The van der Waals surface area contributed by atoms with Gasteiger partial charge in [0.25, 0.3) is 0 Å². The molecule has 1 heterocycles. The molecule has 2 atom stereocenters. The zero-order chi connectivity index (χ0) is 18.0. The standard InChI is InChI=1S/C21H16BrNO3/c22-17-9-15-11-5-1-2-6-12(11)19(24)16(15)10-18(17)23-20(25)13-7-3-4-8-14(13)21(23)26/h1-2,5-6,9-10,13-14H,3-4,7-8H2/t13-,14-/m0/s1. The molecule has 1 aliphatic heterocycles. The maximum atomic E-state index is 12.9. The van der Waals surface area contributed by atoms with Crippen LogP contribution in [0.4, 0.5) is 5.69 Å². The Morgan fingerprint density at radius 2 is 1.42 bits per heavy atom. The molecule has 0 spiro atoms. The number of anilines is 1. The van der Waals surface area contributed by atoms with Gasteiger partial charge in [0.1, 0.15) is 0 Å². The number of carbonyl (C=O) groups is 3. The van der Waals surface area contributed by atoms with Gasteiger partial charge in [0.15, 0.2) is 5.78 Å². The maximum absolute atomic E-state index is 12.9. The molecule has 2 amide bonds. The zero-order valence-corrected chi connectivity index (χ0v) is 15.6. The van der Waals surface area contributed by atoms with E-state index < -0.39 is 0 Å². The van der Waals surface area contributed by atoms with Gasteiger partial charge >= 0.3 is 0 Å². The number of fused-ring (bicyclic) bond motifs is 4. The number of rotatable bonds is 1. The number of imide groups is 1. The van der Waals surface area contributed by atoms with Gasteiger partial charge in [0.2, 0.25) is 11.8 Å². The second-order valence-electron chi connectivity index (χ2n) is 7.23. The number of hydrogen-bond acceptors (Lipinski definition) is 3. The quantitative estimate of drug-likeness (QED) is 0.561. The van der Waals surface area contributed by atoms with Gasteiger partial charge in [-0.05, 0) is 52.0 Å². The van der Waals surface area contributed by atoms with E-state index in [9.17, 15) is 14.4 Å². The Morgan fingerprint density at radius 3 is 2.08 bits per heavy atom. The Bertz CT molecular complexity index is 973. The Labute approximate surface area is 159 Å². The molecule has 2 aromatic carbocycles. The van der Waals surface area contributed by atoms with E-state index in [4.69, 9.17) is 0 Å². The van der Waals surface area contributed by atoms with E-state index in [1.54, 1.807) is 6.07 Å². The van der Waals surface area contributed by atoms with Crippen LogP contribution in [-0.2, 0) is 9.59 Å². The number of ketones is 1. The van der Waals surface area contributed by atoms with Crippen LogP contribution in [0.15, 0.2) is 40.9 Å². The van der Waals surface area contributed by atoms with Gasteiger partial charge in [-0.3, -0.25) is 14.4 Å². The lowest BCUT2D eigenvalue weighted by molar-refractivity contribution is -0.122. The molecular formula is C21H16BrNO3. The van der Waals surface area contributed by atoms with Crippen molar-refractivity contribution in [1.29, 1.82) is 0 Å². The molecule has 0 N–H and O–H groups in total. The highest BCUT2D eigenvalue weighted by atomic mass is 79.9. The van der Waals surface area contributed by atoms with Crippen LogP contribution in [0.3, 0.4) is 0 Å². The van der Waals surface area contributed by atoms with Crippen molar-refractivity contribution in [3.05, 3.63) is 52.0 Å². The predicted octanol–water partition coefficient (Wildman–Crippen LogP) is 4.34. The summed E-state index contributed by atoms with van der Waals surface area (Å²) >= 11 is 3.53. The van der Waals surface area contributed by atoms with Crippen LogP contribution in [0.5, 0.6) is 0 Å². The molecule has 0 unspecified atom stereocenters. The average Bonchev–Trinajstić information content (AvgIpc) is 3.08. The van der Waals surface area contributed by atoms with Crippen molar-refractivity contribution in [1.82, 2.24) is 0 Å². The largest absolute Gasteiger partial charge is 0.289 e. The lowest BCUT2D eigenvalue weighted by Crippen LogP contribution is -2.31. The highest BCUT2D eigenvalue weighted by Gasteiger charge is 2.49. The summed E-state index contributed by atoms with van der Waals surface area (Å²) in [5.41, 5.74) is 3.46. The van der Waals surface area contributed by atoms with Gasteiger partial charge in [-0.25, -0.2) is 4.90 Å². The Hall–Kier alpha value is -2.27. The van der Waals surface area contributed by atoms with Crippen molar-refractivity contribution in [2.45, 2.75) is 25.7 Å². The summed E-state index contributed by atoms with van der Waals surface area (Å²) in [6, 6.07) is 11.0. The van der Waals surface area contributed by atoms with Gasteiger partial charge in [-0.1, -0.05) is 37.1 Å². The molecule has 5 rings (SSSR count). The first-order valence-electron chi connectivity index (χ1n) is 8.93. The topological polar surface area (TPSA) is 54.5 Å². The first kappa shape index (κ1) is 15.9. The van der Waals surface area contributed by atoms with E-state index in [1.165, 1.54) is 4.90 Å². The van der Waals surface area contributed by atoms with Crippen molar-refractivity contribution in [2.75, 3.05) is 4.90 Å². The normalized spacial score (nSPS) is 23.9. The molecule has 3 aliphatic rings. The maximum Gasteiger partial charge on any atom is 0.237 e. The molecule has 0 aromatic heterocycles. The monoisotopic (exact) mass is 409 g/mol. The highest BCUT2D eigenvalue weighted by Crippen LogP contribution is 2.45. The van der Waals surface area contributed by atoms with Crippen molar-refractivity contribution >= 4 is 39.2 Å². The van der Waals surface area contributed by atoms with Crippen molar-refractivity contribution < 1.29 is 14.4 Å². The lowest BCUT2D eigenvalue weighted by atomic mass is 9.81. The van der Waals surface area contributed by atoms with E-state index >= 15 is 0 Å². The predicted molar refractivity (Wildman–Crippen MR) is 101 cm³/mol. The number of carbonyl (C=O) groups excluding carboxylic acids is 3. The summed E-state index contributed by atoms with van der Waals surface area (Å²) in [4.78, 5) is 39.9. The minimum absolute atomic E-state index is 0.0548. The third kappa shape index (κ3) is 2.04. The molecule has 0 bridgehead atoms. The van der Waals surface area contributed by atoms with Crippen molar-refractivity contribution in [2.24, 2.45) is 11.8 Å². The summed E-state index contributed by atoms with van der Waals surface area (Å²) in [5.74, 6) is -0.707. The summed E-state index contributed by atoms with van der Waals surface area (Å²) in [6.45, 7) is 0. The van der Waals surface area contributed by atoms with E-state index in [1.807, 2.05) is 30.3 Å². The highest BCUT2D eigenvalue weighted by molar-refractivity contribution is 9.10. The summed E-state index contributed by atoms with van der Waals surface area (Å²) in [5, 5.41) is 0. The van der Waals surface area contributed by atoms with Gasteiger partial charge in [0.05, 0.1) is 17.5 Å². The fourth-order valence-electron chi connectivity index (χ4n) is 4.60. The average molecular weight is 410 g/mol. The van der Waals surface area contributed by atoms with Gasteiger partial charge in [-0.15, -0.1) is 0 Å². The SMILES string of the molecule is O=C1c2ccccc2-c2cc(Br)c(N3C(=O)[C@H]4CCCC[C@@H]4C3=O)cc21. The third-order valence-electron chi connectivity index (χ3n) is 5.88. The van der Waals surface area contributed by atoms with Gasteiger partial charge < -0.3 is 0 Å². The van der Waals surface area contributed by atoms with Crippen LogP contribution in [-0.4, -0.2) is 17.6 Å². The lowest BCUT2D eigenvalue weighted by Gasteiger charge is -2.19. The minimum Gasteiger partial charge on any atom is -0.289 e. The zero-order valence-electron chi connectivity index (χ0n) is 14.0. The number of hydrogen-bond donors (Lipinski definition) is 0. The van der Waals surface area contributed by atoms with E-state index in [0.29, 0.717) is 21.3 Å².